The molecular formula is C15H19N5O4S3. The minimum Gasteiger partial charge on any atom is -0.357 e. The van der Waals surface area contributed by atoms with Crippen LogP contribution in [0.2, 0.25) is 0 Å². The number of nitrogens with one attached hydrogen (secondary N) is 2. The smallest absolute Gasteiger partial charge is 0.284 e. The second kappa shape index (κ2) is 8.50. The average molecular weight is 430 g/mol. The molecule has 9 nitrogen and oxygen atoms in total. The van der Waals surface area contributed by atoms with Gasteiger partial charge in [-0.25, -0.2) is 13.1 Å². The second-order valence-corrected chi connectivity index (χ2v) is 10.2. The Kier molecular flexibility index (Phi) is 6.29. The molecule has 2 aromatic rings. The summed E-state index contributed by atoms with van der Waals surface area (Å²) in [4.78, 5) is 10.9. The van der Waals surface area contributed by atoms with Gasteiger partial charge in [0.25, 0.3) is 5.69 Å². The van der Waals surface area contributed by atoms with Crippen molar-refractivity contribution >= 4 is 43.9 Å². The van der Waals surface area contributed by atoms with Crippen molar-refractivity contribution < 1.29 is 13.3 Å². The molecule has 12 heteroatoms. The van der Waals surface area contributed by atoms with Crippen molar-refractivity contribution in [3.63, 3.8) is 0 Å². The molecule has 1 fully saturated rings. The lowest BCUT2D eigenvalue weighted by molar-refractivity contribution is -0.388. The van der Waals surface area contributed by atoms with Gasteiger partial charge in [0.15, 0.2) is 4.34 Å². The Hall–Kier alpha value is -1.76. The molecule has 146 valence electrons. The molecule has 1 aromatic carbocycles. The van der Waals surface area contributed by atoms with E-state index in [9.17, 15) is 18.5 Å². The van der Waals surface area contributed by atoms with Crippen molar-refractivity contribution in [3.8, 4) is 0 Å². The van der Waals surface area contributed by atoms with E-state index in [0.29, 0.717) is 20.4 Å². The Morgan fingerprint density at radius 1 is 1.26 bits per heavy atom. The maximum Gasteiger partial charge on any atom is 0.284 e. The van der Waals surface area contributed by atoms with Gasteiger partial charge in [0, 0.05) is 12.1 Å². The fourth-order valence-electron chi connectivity index (χ4n) is 2.84. The van der Waals surface area contributed by atoms with Crippen LogP contribution in [0.5, 0.6) is 0 Å². The van der Waals surface area contributed by atoms with Gasteiger partial charge in [-0.05, 0) is 43.8 Å². The summed E-state index contributed by atoms with van der Waals surface area (Å²) in [6.45, 7) is 0. The van der Waals surface area contributed by atoms with Crippen molar-refractivity contribution in [3.05, 3.63) is 28.3 Å². The standard InChI is InChI=1S/C15H19N5O4S3/c1-16-27(23,24)11-7-8-13(12(9-11)20(21)22)25-15-19-18-14(26-15)17-10-5-3-2-4-6-10/h7-10,16H,2-6H2,1H3,(H,17,18). The van der Waals surface area contributed by atoms with Crippen LogP contribution in [0.4, 0.5) is 10.8 Å². The molecule has 0 aliphatic heterocycles. The molecule has 0 amide bonds. The van der Waals surface area contributed by atoms with Crippen LogP contribution in [0.3, 0.4) is 0 Å². The third kappa shape index (κ3) is 4.94. The summed E-state index contributed by atoms with van der Waals surface area (Å²) in [5.41, 5.74) is -0.284. The molecular weight excluding hydrogens is 410 g/mol. The van der Waals surface area contributed by atoms with E-state index in [2.05, 4.69) is 20.2 Å². The van der Waals surface area contributed by atoms with E-state index in [0.717, 1.165) is 30.7 Å². The third-order valence-electron chi connectivity index (χ3n) is 4.24. The topological polar surface area (TPSA) is 127 Å². The summed E-state index contributed by atoms with van der Waals surface area (Å²) in [5.74, 6) is 0. The van der Waals surface area contributed by atoms with Crippen LogP contribution in [-0.4, -0.2) is 36.6 Å². The first-order chi connectivity index (χ1) is 12.9. The van der Waals surface area contributed by atoms with E-state index >= 15 is 0 Å². The monoisotopic (exact) mass is 429 g/mol. The maximum atomic E-state index is 11.9. The van der Waals surface area contributed by atoms with Crippen LogP contribution in [0.15, 0.2) is 32.3 Å². The van der Waals surface area contributed by atoms with Crippen LogP contribution in [0, 0.1) is 10.1 Å². The Morgan fingerprint density at radius 2 is 2.00 bits per heavy atom. The van der Waals surface area contributed by atoms with Gasteiger partial charge in [-0.15, -0.1) is 10.2 Å². The molecule has 0 saturated heterocycles. The highest BCUT2D eigenvalue weighted by molar-refractivity contribution is 8.01. The average Bonchev–Trinajstić information content (AvgIpc) is 3.09. The summed E-state index contributed by atoms with van der Waals surface area (Å²) < 4.78 is 26.4. The Bertz CT molecular complexity index is 925. The lowest BCUT2D eigenvalue weighted by Crippen LogP contribution is -2.21. The van der Waals surface area contributed by atoms with Crippen LogP contribution < -0.4 is 10.0 Å². The number of aromatic nitrogens is 2. The number of rotatable bonds is 7. The van der Waals surface area contributed by atoms with E-state index in [-0.39, 0.29) is 10.6 Å². The van der Waals surface area contributed by atoms with Crippen molar-refractivity contribution in [2.45, 2.75) is 52.3 Å². The van der Waals surface area contributed by atoms with Crippen molar-refractivity contribution in [1.82, 2.24) is 14.9 Å². The van der Waals surface area contributed by atoms with Crippen molar-refractivity contribution in [2.24, 2.45) is 0 Å². The Morgan fingerprint density at radius 3 is 2.67 bits per heavy atom. The molecule has 1 aliphatic carbocycles. The first-order valence-corrected chi connectivity index (χ1v) is 11.5. The predicted molar refractivity (Wildman–Crippen MR) is 104 cm³/mol. The van der Waals surface area contributed by atoms with E-state index in [1.807, 2.05) is 0 Å². The molecule has 1 heterocycles. The summed E-state index contributed by atoms with van der Waals surface area (Å²) in [6, 6.07) is 4.20. The highest BCUT2D eigenvalue weighted by Crippen LogP contribution is 2.38. The second-order valence-electron chi connectivity index (χ2n) is 6.05. The van der Waals surface area contributed by atoms with Gasteiger partial charge in [0.05, 0.1) is 14.7 Å². The predicted octanol–water partition coefficient (Wildman–Crippen LogP) is 3.25. The van der Waals surface area contributed by atoms with Gasteiger partial charge in [-0.1, -0.05) is 30.6 Å². The third-order valence-corrected chi connectivity index (χ3v) is 7.63. The number of benzene rings is 1. The van der Waals surface area contributed by atoms with Gasteiger partial charge in [-0.3, -0.25) is 10.1 Å². The number of nitro groups is 1. The SMILES string of the molecule is CNS(=O)(=O)c1ccc(Sc2nnc(NC3CCCCC3)s2)c([N+](=O)[O-])c1. The van der Waals surface area contributed by atoms with Gasteiger partial charge in [-0.2, -0.15) is 0 Å². The van der Waals surface area contributed by atoms with Crippen LogP contribution in [0.1, 0.15) is 32.1 Å². The zero-order valence-electron chi connectivity index (χ0n) is 14.5. The summed E-state index contributed by atoms with van der Waals surface area (Å²) >= 11 is 2.43. The minimum atomic E-state index is -3.76. The Balaban J connectivity index is 1.78. The number of hydrogen-bond donors (Lipinski definition) is 2. The largest absolute Gasteiger partial charge is 0.357 e. The number of anilines is 1. The molecule has 0 radical (unpaired) electrons. The minimum absolute atomic E-state index is 0.155. The number of sulfonamides is 1. The van der Waals surface area contributed by atoms with Gasteiger partial charge in [0.2, 0.25) is 15.2 Å². The van der Waals surface area contributed by atoms with Gasteiger partial charge < -0.3 is 5.32 Å². The zero-order valence-corrected chi connectivity index (χ0v) is 17.0. The lowest BCUT2D eigenvalue weighted by atomic mass is 9.96. The quantitative estimate of drug-likeness (QED) is 0.507. The zero-order chi connectivity index (χ0) is 19.4. The van der Waals surface area contributed by atoms with E-state index in [1.54, 1.807) is 0 Å². The molecule has 0 bridgehead atoms. The number of nitro benzene ring substituents is 1. The fraction of sp³-hybridized carbons (Fsp3) is 0.467. The van der Waals surface area contributed by atoms with Gasteiger partial charge in [0.1, 0.15) is 0 Å². The molecule has 2 N–H and O–H groups in total. The van der Waals surface area contributed by atoms with Crippen LogP contribution >= 0.6 is 23.1 Å². The van der Waals surface area contributed by atoms with Crippen LogP contribution in [-0.2, 0) is 10.0 Å². The van der Waals surface area contributed by atoms with Gasteiger partial charge >= 0.3 is 0 Å². The van der Waals surface area contributed by atoms with E-state index in [4.69, 9.17) is 0 Å². The normalized spacial score (nSPS) is 15.6. The molecule has 0 atom stereocenters. The molecule has 3 rings (SSSR count). The molecule has 1 aromatic heterocycles. The summed E-state index contributed by atoms with van der Waals surface area (Å²) in [7, 11) is -2.50. The molecule has 27 heavy (non-hydrogen) atoms. The van der Waals surface area contributed by atoms with E-state index in [1.165, 1.54) is 49.8 Å². The first-order valence-electron chi connectivity index (χ1n) is 8.39. The number of nitrogens with zero attached hydrogens (tertiary/aromatic N) is 3. The summed E-state index contributed by atoms with van der Waals surface area (Å²) in [6.07, 6.45) is 5.88. The fourth-order valence-corrected chi connectivity index (χ4v) is 5.46. The van der Waals surface area contributed by atoms with Crippen molar-refractivity contribution in [2.75, 3.05) is 12.4 Å². The summed E-state index contributed by atoms with van der Waals surface area (Å²) in [5, 5.41) is 23.6. The van der Waals surface area contributed by atoms with Crippen LogP contribution in [0.25, 0.3) is 0 Å². The Labute approximate surface area is 165 Å². The lowest BCUT2D eigenvalue weighted by Gasteiger charge is -2.21. The maximum absolute atomic E-state index is 11.9. The number of hydrogen-bond acceptors (Lipinski definition) is 9. The molecule has 1 aliphatic rings. The molecule has 0 spiro atoms. The van der Waals surface area contributed by atoms with Crippen molar-refractivity contribution in [1.29, 1.82) is 0 Å². The molecule has 1 saturated carbocycles. The first kappa shape index (κ1) is 20.0. The highest BCUT2D eigenvalue weighted by Gasteiger charge is 2.22. The highest BCUT2D eigenvalue weighted by atomic mass is 32.2. The molecule has 0 unspecified atom stereocenters. The van der Waals surface area contributed by atoms with E-state index < -0.39 is 14.9 Å².